The molecule has 2 saturated heterocycles. The number of rotatable bonds is 7. The van der Waals surface area contributed by atoms with E-state index in [2.05, 4.69) is 5.32 Å². The fraction of sp³-hybridized carbons (Fsp3) is 0.360. The third-order valence-corrected chi connectivity index (χ3v) is 7.01. The van der Waals surface area contributed by atoms with Gasteiger partial charge in [0.15, 0.2) is 5.72 Å². The first kappa shape index (κ1) is 23.4. The molecule has 0 saturated carbocycles. The van der Waals surface area contributed by atoms with E-state index in [-0.39, 0.29) is 24.2 Å². The zero-order valence-corrected chi connectivity index (χ0v) is 19.0. The lowest BCUT2D eigenvalue weighted by molar-refractivity contribution is -0.149. The molecule has 34 heavy (non-hydrogen) atoms. The smallest absolute Gasteiger partial charge is 0.450 e. The van der Waals surface area contributed by atoms with Crippen LogP contribution < -0.4 is 11.1 Å². The zero-order chi connectivity index (χ0) is 24.6. The number of amides is 2. The Balaban J connectivity index is 1.80. The Bertz CT molecular complexity index is 1120. The zero-order valence-electron chi connectivity index (χ0n) is 19.0. The topological polar surface area (TPSA) is 146 Å². The Kier molecular flexibility index (Phi) is 6.14. The highest BCUT2D eigenvalue weighted by Crippen LogP contribution is 2.52. The standard InChI is InChI=1S/C25H28N4O5/c1-3-14(2)25(34-24(32)33)19-18(20(28-25)16-9-11-17(12-10-16)21(26)27)22(30)29(23(19)31)13-15-7-5-4-6-8-15/h4-12,14,18-20,28H,3,13H2,1-2H3,(H3,26,27)(H,32,33). The van der Waals surface area contributed by atoms with Crippen LogP contribution in [0.2, 0.25) is 0 Å². The van der Waals surface area contributed by atoms with Gasteiger partial charge in [-0.05, 0) is 17.5 Å². The molecular formula is C25H28N4O5. The van der Waals surface area contributed by atoms with Crippen LogP contribution in [-0.4, -0.2) is 39.5 Å². The predicted molar refractivity (Wildman–Crippen MR) is 124 cm³/mol. The Morgan fingerprint density at radius 2 is 1.82 bits per heavy atom. The van der Waals surface area contributed by atoms with E-state index in [9.17, 15) is 19.5 Å². The maximum atomic E-state index is 13.7. The first-order valence-corrected chi connectivity index (χ1v) is 11.2. The number of ether oxygens (including phenoxy) is 1. The van der Waals surface area contributed by atoms with Crippen LogP contribution in [0.25, 0.3) is 0 Å². The molecule has 0 bridgehead atoms. The maximum Gasteiger partial charge on any atom is 0.507 e. The van der Waals surface area contributed by atoms with Crippen molar-refractivity contribution < 1.29 is 24.2 Å². The van der Waals surface area contributed by atoms with E-state index in [4.69, 9.17) is 15.9 Å². The van der Waals surface area contributed by atoms with Gasteiger partial charge in [-0.15, -0.1) is 0 Å². The lowest BCUT2D eigenvalue weighted by atomic mass is 9.79. The number of hydrogen-bond donors (Lipinski definition) is 4. The fourth-order valence-corrected chi connectivity index (χ4v) is 5.13. The highest BCUT2D eigenvalue weighted by Gasteiger charge is 2.68. The number of fused-ring (bicyclic) bond motifs is 1. The number of nitrogens with two attached hydrogens (primary N) is 1. The van der Waals surface area contributed by atoms with E-state index in [1.165, 1.54) is 4.90 Å². The maximum absolute atomic E-state index is 13.7. The molecule has 5 unspecified atom stereocenters. The molecule has 2 amide bonds. The monoisotopic (exact) mass is 464 g/mol. The summed E-state index contributed by atoms with van der Waals surface area (Å²) < 4.78 is 5.45. The summed E-state index contributed by atoms with van der Waals surface area (Å²) in [5.41, 5.74) is 6.01. The predicted octanol–water partition coefficient (Wildman–Crippen LogP) is 2.85. The second-order valence-corrected chi connectivity index (χ2v) is 8.88. The molecule has 2 aliphatic rings. The van der Waals surface area contributed by atoms with Crippen LogP contribution in [0.4, 0.5) is 4.79 Å². The van der Waals surface area contributed by atoms with Gasteiger partial charge in [0.2, 0.25) is 11.8 Å². The SMILES string of the molecule is CCC(C)C1(OC(=O)O)NC(c2ccc(C(=N)N)cc2)C2C(=O)N(Cc3ccccc3)C(=O)C21. The normalized spacial score (nSPS) is 26.9. The Morgan fingerprint density at radius 3 is 2.38 bits per heavy atom. The van der Waals surface area contributed by atoms with Gasteiger partial charge in [-0.2, -0.15) is 0 Å². The van der Waals surface area contributed by atoms with E-state index in [1.54, 1.807) is 24.3 Å². The van der Waals surface area contributed by atoms with Crippen molar-refractivity contribution >= 4 is 23.8 Å². The average Bonchev–Trinajstić information content (AvgIpc) is 3.28. The fourth-order valence-electron chi connectivity index (χ4n) is 5.13. The van der Waals surface area contributed by atoms with Crippen molar-refractivity contribution in [2.75, 3.05) is 0 Å². The third kappa shape index (κ3) is 3.81. The van der Waals surface area contributed by atoms with Crippen LogP contribution in [0, 0.1) is 23.2 Å². The molecule has 9 nitrogen and oxygen atoms in total. The molecule has 0 spiro atoms. The van der Waals surface area contributed by atoms with Crippen molar-refractivity contribution in [1.82, 2.24) is 10.2 Å². The highest BCUT2D eigenvalue weighted by atomic mass is 16.7. The van der Waals surface area contributed by atoms with Gasteiger partial charge in [0.1, 0.15) is 11.8 Å². The number of likely N-dealkylation sites (tertiary alicyclic amines) is 1. The molecular weight excluding hydrogens is 436 g/mol. The summed E-state index contributed by atoms with van der Waals surface area (Å²) in [6, 6.07) is 15.3. The molecule has 4 rings (SSSR count). The van der Waals surface area contributed by atoms with Crippen molar-refractivity contribution in [2.45, 2.75) is 38.6 Å². The molecule has 2 fully saturated rings. The van der Waals surface area contributed by atoms with Crippen molar-refractivity contribution in [3.8, 4) is 0 Å². The van der Waals surface area contributed by atoms with Gasteiger partial charge in [-0.3, -0.25) is 25.2 Å². The first-order chi connectivity index (χ1) is 16.2. The van der Waals surface area contributed by atoms with E-state index in [0.717, 1.165) is 5.56 Å². The highest BCUT2D eigenvalue weighted by molar-refractivity contribution is 6.07. The summed E-state index contributed by atoms with van der Waals surface area (Å²) in [5, 5.41) is 20.5. The minimum absolute atomic E-state index is 0.0897. The molecule has 5 N–H and O–H groups in total. The van der Waals surface area contributed by atoms with Crippen LogP contribution >= 0.6 is 0 Å². The average molecular weight is 465 g/mol. The number of imide groups is 1. The van der Waals surface area contributed by atoms with Crippen molar-refractivity contribution in [2.24, 2.45) is 23.5 Å². The molecule has 9 heteroatoms. The minimum Gasteiger partial charge on any atom is -0.450 e. The van der Waals surface area contributed by atoms with Crippen LogP contribution in [0.3, 0.4) is 0 Å². The van der Waals surface area contributed by atoms with Crippen LogP contribution in [-0.2, 0) is 20.9 Å². The number of hydrogen-bond acceptors (Lipinski definition) is 6. The van der Waals surface area contributed by atoms with Crippen molar-refractivity contribution in [3.63, 3.8) is 0 Å². The summed E-state index contributed by atoms with van der Waals surface area (Å²) in [6.45, 7) is 3.79. The number of carbonyl (C=O) groups is 3. The van der Waals surface area contributed by atoms with Gasteiger partial charge < -0.3 is 15.6 Å². The van der Waals surface area contributed by atoms with E-state index >= 15 is 0 Å². The summed E-state index contributed by atoms with van der Waals surface area (Å²) >= 11 is 0. The molecule has 0 radical (unpaired) electrons. The van der Waals surface area contributed by atoms with Crippen molar-refractivity contribution in [1.29, 1.82) is 5.41 Å². The van der Waals surface area contributed by atoms with Gasteiger partial charge in [0.05, 0.1) is 12.5 Å². The quantitative estimate of drug-likeness (QED) is 0.213. The number of carbonyl (C=O) groups excluding carboxylic acids is 2. The molecule has 2 aromatic carbocycles. The largest absolute Gasteiger partial charge is 0.507 e. The molecule has 5 atom stereocenters. The molecule has 0 aliphatic carbocycles. The van der Waals surface area contributed by atoms with E-state index < -0.39 is 35.7 Å². The van der Waals surface area contributed by atoms with E-state index in [1.807, 2.05) is 44.2 Å². The lowest BCUT2D eigenvalue weighted by Gasteiger charge is -2.38. The van der Waals surface area contributed by atoms with Gasteiger partial charge in [-0.1, -0.05) is 68.4 Å². The minimum atomic E-state index is -1.56. The molecule has 2 heterocycles. The lowest BCUT2D eigenvalue weighted by Crippen LogP contribution is -2.57. The summed E-state index contributed by atoms with van der Waals surface area (Å²) in [6.07, 6.45) is -0.986. The summed E-state index contributed by atoms with van der Waals surface area (Å²) in [4.78, 5) is 40.3. The number of nitrogen functional groups attached to an aromatic ring is 1. The van der Waals surface area contributed by atoms with Crippen LogP contribution in [0.5, 0.6) is 0 Å². The molecule has 0 aromatic heterocycles. The Labute approximate surface area is 197 Å². The number of nitrogens with one attached hydrogen (secondary N) is 2. The number of benzene rings is 2. The van der Waals surface area contributed by atoms with E-state index in [0.29, 0.717) is 17.5 Å². The Hall–Kier alpha value is -3.72. The summed E-state index contributed by atoms with van der Waals surface area (Å²) in [7, 11) is 0. The molecule has 2 aliphatic heterocycles. The number of carboxylic acid groups (broad SMARTS) is 1. The first-order valence-electron chi connectivity index (χ1n) is 11.2. The second kappa shape index (κ2) is 8.90. The molecule has 178 valence electrons. The van der Waals surface area contributed by atoms with Crippen LogP contribution in [0.15, 0.2) is 54.6 Å². The third-order valence-electron chi connectivity index (χ3n) is 7.01. The van der Waals surface area contributed by atoms with Gasteiger partial charge in [0.25, 0.3) is 0 Å². The van der Waals surface area contributed by atoms with Gasteiger partial charge in [0, 0.05) is 17.5 Å². The van der Waals surface area contributed by atoms with Crippen molar-refractivity contribution in [3.05, 3.63) is 71.3 Å². The number of nitrogens with zero attached hydrogens (tertiary/aromatic N) is 1. The number of amidine groups is 1. The summed E-state index contributed by atoms with van der Waals surface area (Å²) in [5.74, 6) is -3.14. The second-order valence-electron chi connectivity index (χ2n) is 8.88. The Morgan fingerprint density at radius 1 is 1.18 bits per heavy atom. The van der Waals surface area contributed by atoms with Crippen LogP contribution in [0.1, 0.15) is 43.0 Å². The van der Waals surface area contributed by atoms with Gasteiger partial charge >= 0.3 is 6.16 Å². The van der Waals surface area contributed by atoms with Gasteiger partial charge in [-0.25, -0.2) is 4.79 Å². The molecule has 2 aromatic rings.